The van der Waals surface area contributed by atoms with Gasteiger partial charge in [0.05, 0.1) is 11.5 Å². The van der Waals surface area contributed by atoms with Gasteiger partial charge in [0, 0.05) is 10.7 Å². The van der Waals surface area contributed by atoms with Crippen molar-refractivity contribution >= 4 is 46.3 Å². The number of halogens is 2. The van der Waals surface area contributed by atoms with Crippen molar-refractivity contribution in [1.82, 2.24) is 5.32 Å². The van der Waals surface area contributed by atoms with Gasteiger partial charge in [0.15, 0.2) is 0 Å². The Hall–Kier alpha value is -1.73. The van der Waals surface area contributed by atoms with Crippen LogP contribution in [0.25, 0.3) is 0 Å². The molecule has 0 aliphatic rings. The molecule has 0 bridgehead atoms. The number of benzene rings is 1. The van der Waals surface area contributed by atoms with Gasteiger partial charge in [-0.1, -0.05) is 23.8 Å². The van der Waals surface area contributed by atoms with Gasteiger partial charge in [0.25, 0.3) is 0 Å². The number of carbonyl (C=O) groups excluding carboxylic acids is 2. The lowest BCUT2D eigenvalue weighted by atomic mass is 10.3. The predicted molar refractivity (Wildman–Crippen MR) is 69.8 cm³/mol. The lowest BCUT2D eigenvalue weighted by molar-refractivity contribution is -0.135. The van der Waals surface area contributed by atoms with Crippen LogP contribution >= 0.6 is 23.8 Å². The molecule has 1 rings (SSSR count). The van der Waals surface area contributed by atoms with Gasteiger partial charge in [0.2, 0.25) is 0 Å². The Bertz CT molecular complexity index is 490. The Balaban J connectivity index is 2.63. The number of hydrogen-bond donors (Lipinski definition) is 3. The highest BCUT2D eigenvalue weighted by molar-refractivity contribution is 7.80. The minimum Gasteiger partial charge on any atom is -0.392 e. The Morgan fingerprint density at radius 3 is 2.56 bits per heavy atom. The second-order valence-corrected chi connectivity index (χ2v) is 4.22. The van der Waals surface area contributed by atoms with E-state index in [-0.39, 0.29) is 22.2 Å². The maximum Gasteiger partial charge on any atom is 0.313 e. The van der Waals surface area contributed by atoms with Gasteiger partial charge in [0.1, 0.15) is 5.82 Å². The normalized spacial score (nSPS) is 9.67. The second kappa shape index (κ2) is 6.27. The maximum absolute atomic E-state index is 13.0. The van der Waals surface area contributed by atoms with E-state index in [4.69, 9.17) is 17.3 Å². The number of carbonyl (C=O) groups is 2. The minimum atomic E-state index is -0.965. The molecule has 0 fully saturated rings. The quantitative estimate of drug-likeness (QED) is 0.568. The standard InChI is InChI=1S/C10H9ClFN3O2S/c11-5-1-6(12)3-7(2-5)15-10(17)9(16)14-4-8(13)18/h1-3H,4H2,(H2,13,18)(H,14,16)(H,15,17). The van der Waals surface area contributed by atoms with Crippen LogP contribution in [0.3, 0.4) is 0 Å². The maximum atomic E-state index is 13.0. The molecule has 4 N–H and O–H groups in total. The summed E-state index contributed by atoms with van der Waals surface area (Å²) in [4.78, 5) is 22.7. The number of nitrogens with one attached hydrogen (secondary N) is 2. The molecule has 0 atom stereocenters. The Kier molecular flexibility index (Phi) is 4.99. The van der Waals surface area contributed by atoms with Gasteiger partial charge < -0.3 is 16.4 Å². The Labute approximate surface area is 112 Å². The molecule has 0 unspecified atom stereocenters. The fraction of sp³-hybridized carbons (Fsp3) is 0.100. The smallest absolute Gasteiger partial charge is 0.313 e. The number of amides is 2. The first-order valence-electron chi connectivity index (χ1n) is 4.72. The van der Waals surface area contributed by atoms with Crippen LogP contribution in [0.5, 0.6) is 0 Å². The summed E-state index contributed by atoms with van der Waals surface area (Å²) in [6, 6.07) is 3.41. The molecule has 0 aromatic heterocycles. The van der Waals surface area contributed by atoms with Gasteiger partial charge in [-0.3, -0.25) is 9.59 Å². The van der Waals surface area contributed by atoms with Crippen molar-refractivity contribution in [3.8, 4) is 0 Å². The van der Waals surface area contributed by atoms with Crippen LogP contribution in [-0.2, 0) is 9.59 Å². The number of nitrogens with two attached hydrogens (primary N) is 1. The third kappa shape index (κ3) is 4.64. The summed E-state index contributed by atoms with van der Waals surface area (Å²) in [5.41, 5.74) is 5.23. The van der Waals surface area contributed by atoms with Crippen molar-refractivity contribution in [1.29, 1.82) is 0 Å². The average Bonchev–Trinajstić information content (AvgIpc) is 2.24. The van der Waals surface area contributed by atoms with E-state index in [2.05, 4.69) is 22.9 Å². The number of hydrogen-bond acceptors (Lipinski definition) is 3. The summed E-state index contributed by atoms with van der Waals surface area (Å²) < 4.78 is 13.0. The molecule has 0 heterocycles. The molecular weight excluding hydrogens is 281 g/mol. The molecule has 0 aliphatic carbocycles. The molecule has 2 amide bonds. The molecule has 0 saturated heterocycles. The Morgan fingerprint density at radius 2 is 2.00 bits per heavy atom. The van der Waals surface area contributed by atoms with Crippen LogP contribution < -0.4 is 16.4 Å². The first-order valence-corrected chi connectivity index (χ1v) is 5.50. The van der Waals surface area contributed by atoms with Crippen LogP contribution in [0, 0.1) is 5.82 Å². The summed E-state index contributed by atoms with van der Waals surface area (Å²) in [5.74, 6) is -2.52. The number of thiocarbonyl (C=S) groups is 1. The van der Waals surface area contributed by atoms with Gasteiger partial charge in [-0.2, -0.15) is 0 Å². The highest BCUT2D eigenvalue weighted by Crippen LogP contribution is 2.17. The van der Waals surface area contributed by atoms with E-state index >= 15 is 0 Å². The van der Waals surface area contributed by atoms with E-state index in [0.717, 1.165) is 12.1 Å². The number of anilines is 1. The van der Waals surface area contributed by atoms with Crippen LogP contribution in [0.4, 0.5) is 10.1 Å². The molecule has 0 radical (unpaired) electrons. The third-order valence-electron chi connectivity index (χ3n) is 1.75. The lowest BCUT2D eigenvalue weighted by Gasteiger charge is -2.06. The van der Waals surface area contributed by atoms with Crippen LogP contribution in [0.2, 0.25) is 5.02 Å². The number of rotatable bonds is 3. The van der Waals surface area contributed by atoms with Crippen LogP contribution in [0.15, 0.2) is 18.2 Å². The van der Waals surface area contributed by atoms with E-state index in [1.165, 1.54) is 6.07 Å². The monoisotopic (exact) mass is 289 g/mol. The summed E-state index contributed by atoms with van der Waals surface area (Å²) in [5, 5.41) is 4.48. The fourth-order valence-electron chi connectivity index (χ4n) is 1.06. The molecule has 1 aromatic carbocycles. The van der Waals surface area contributed by atoms with E-state index < -0.39 is 17.6 Å². The van der Waals surface area contributed by atoms with Gasteiger partial charge in [-0.05, 0) is 18.2 Å². The molecule has 18 heavy (non-hydrogen) atoms. The van der Waals surface area contributed by atoms with Crippen molar-refractivity contribution in [3.05, 3.63) is 29.0 Å². The van der Waals surface area contributed by atoms with Crippen LogP contribution in [-0.4, -0.2) is 23.3 Å². The van der Waals surface area contributed by atoms with Crippen molar-refractivity contribution in [2.24, 2.45) is 5.73 Å². The summed E-state index contributed by atoms with van der Waals surface area (Å²) in [7, 11) is 0. The fourth-order valence-corrected chi connectivity index (χ4v) is 1.36. The van der Waals surface area contributed by atoms with Gasteiger partial charge >= 0.3 is 11.8 Å². The van der Waals surface area contributed by atoms with Gasteiger partial charge in [-0.15, -0.1) is 0 Å². The van der Waals surface area contributed by atoms with Gasteiger partial charge in [-0.25, -0.2) is 4.39 Å². The van der Waals surface area contributed by atoms with E-state index in [1.807, 2.05) is 0 Å². The SMILES string of the molecule is NC(=S)CNC(=O)C(=O)Nc1cc(F)cc(Cl)c1. The minimum absolute atomic E-state index is 0.0463. The van der Waals surface area contributed by atoms with E-state index in [0.29, 0.717) is 0 Å². The molecule has 0 aliphatic heterocycles. The summed E-state index contributed by atoms with van der Waals surface area (Å²) in [6.45, 7) is -0.0918. The molecular formula is C10H9ClFN3O2S. The zero-order chi connectivity index (χ0) is 13.7. The highest BCUT2D eigenvalue weighted by atomic mass is 35.5. The first kappa shape index (κ1) is 14.3. The first-order chi connectivity index (χ1) is 8.38. The zero-order valence-corrected chi connectivity index (χ0v) is 10.6. The Morgan fingerprint density at radius 1 is 1.33 bits per heavy atom. The highest BCUT2D eigenvalue weighted by Gasteiger charge is 2.14. The largest absolute Gasteiger partial charge is 0.392 e. The lowest BCUT2D eigenvalue weighted by Crippen LogP contribution is -2.39. The topological polar surface area (TPSA) is 84.2 Å². The molecule has 1 aromatic rings. The third-order valence-corrected chi connectivity index (χ3v) is 2.11. The molecule has 8 heteroatoms. The van der Waals surface area contributed by atoms with Crippen molar-refractivity contribution in [3.63, 3.8) is 0 Å². The van der Waals surface area contributed by atoms with Crippen LogP contribution in [0.1, 0.15) is 0 Å². The summed E-state index contributed by atoms with van der Waals surface area (Å²) in [6.07, 6.45) is 0. The van der Waals surface area contributed by atoms with E-state index in [1.54, 1.807) is 0 Å². The molecule has 0 spiro atoms. The van der Waals surface area contributed by atoms with E-state index in [9.17, 15) is 14.0 Å². The predicted octanol–water partition coefficient (Wildman–Crippen LogP) is 0.820. The molecule has 5 nitrogen and oxygen atoms in total. The van der Waals surface area contributed by atoms with Crippen molar-refractivity contribution < 1.29 is 14.0 Å². The average molecular weight is 290 g/mol. The molecule has 0 saturated carbocycles. The van der Waals surface area contributed by atoms with Crippen molar-refractivity contribution in [2.75, 3.05) is 11.9 Å². The molecule has 96 valence electrons. The zero-order valence-electron chi connectivity index (χ0n) is 9.00. The van der Waals surface area contributed by atoms with Crippen molar-refractivity contribution in [2.45, 2.75) is 0 Å². The summed E-state index contributed by atoms with van der Waals surface area (Å²) >= 11 is 10.1. The second-order valence-electron chi connectivity index (χ2n) is 3.26.